The standard InChI is InChI=1S/C25H32N6O2/c1-15(2)21-28-23(27-20-13-17(22(32)33)12-19(14-20)26-16(3)4)30-24(29-21)31-25(5,6)18-10-8-7-9-11-18/h7-16,26H,1-6H3,(H,32,33)(H2,27,28,29,30,31). The molecule has 8 heteroatoms. The first kappa shape index (κ1) is 24.0. The van der Waals surface area contributed by atoms with Gasteiger partial charge in [0.15, 0.2) is 0 Å². The molecule has 0 amide bonds. The van der Waals surface area contributed by atoms with Crippen LogP contribution in [0.15, 0.2) is 48.5 Å². The van der Waals surface area contributed by atoms with Gasteiger partial charge in [0.05, 0.1) is 11.1 Å². The number of anilines is 4. The van der Waals surface area contributed by atoms with E-state index in [2.05, 4.69) is 56.9 Å². The summed E-state index contributed by atoms with van der Waals surface area (Å²) in [7, 11) is 0. The van der Waals surface area contributed by atoms with Crippen molar-refractivity contribution < 1.29 is 9.90 Å². The van der Waals surface area contributed by atoms with Gasteiger partial charge in [0.2, 0.25) is 11.9 Å². The van der Waals surface area contributed by atoms with Crippen LogP contribution in [0.1, 0.15) is 69.2 Å². The molecule has 0 atom stereocenters. The summed E-state index contributed by atoms with van der Waals surface area (Å²) in [4.78, 5) is 25.4. The van der Waals surface area contributed by atoms with E-state index >= 15 is 0 Å². The number of carboxylic acids is 1. The Kier molecular flexibility index (Phi) is 7.16. The quantitative estimate of drug-likeness (QED) is 0.334. The SMILES string of the molecule is CC(C)Nc1cc(Nc2nc(NC(C)(C)c3ccccc3)nc(C(C)C)n2)cc(C(=O)O)c1. The minimum atomic E-state index is -1.00. The Morgan fingerprint density at radius 3 is 2.15 bits per heavy atom. The van der Waals surface area contributed by atoms with Gasteiger partial charge in [-0.3, -0.25) is 0 Å². The topological polar surface area (TPSA) is 112 Å². The first-order valence-electron chi connectivity index (χ1n) is 11.0. The van der Waals surface area contributed by atoms with E-state index in [1.54, 1.807) is 12.1 Å². The van der Waals surface area contributed by atoms with Crippen molar-refractivity contribution >= 4 is 29.2 Å². The number of nitrogens with zero attached hydrogens (tertiary/aromatic N) is 3. The van der Waals surface area contributed by atoms with Gasteiger partial charge in [-0.05, 0) is 51.5 Å². The average Bonchev–Trinajstić information content (AvgIpc) is 2.73. The second-order valence-electron chi connectivity index (χ2n) is 9.14. The highest BCUT2D eigenvalue weighted by atomic mass is 16.4. The molecule has 0 saturated carbocycles. The van der Waals surface area contributed by atoms with Crippen molar-refractivity contribution in [3.05, 3.63) is 65.5 Å². The predicted molar refractivity (Wildman–Crippen MR) is 132 cm³/mol. The minimum absolute atomic E-state index is 0.0810. The maximum absolute atomic E-state index is 11.6. The molecule has 0 saturated heterocycles. The number of hydrogen-bond acceptors (Lipinski definition) is 7. The second kappa shape index (κ2) is 9.85. The zero-order chi connectivity index (χ0) is 24.2. The summed E-state index contributed by atoms with van der Waals surface area (Å²) in [5.41, 5.74) is 2.14. The molecule has 1 heterocycles. The van der Waals surface area contributed by atoms with Gasteiger partial charge >= 0.3 is 5.97 Å². The zero-order valence-corrected chi connectivity index (χ0v) is 20.0. The molecule has 3 rings (SSSR count). The summed E-state index contributed by atoms with van der Waals surface area (Å²) in [6.07, 6.45) is 0. The van der Waals surface area contributed by atoms with Crippen LogP contribution < -0.4 is 16.0 Å². The Labute approximate surface area is 194 Å². The Hall–Kier alpha value is -3.68. The van der Waals surface area contributed by atoms with Gasteiger partial charge in [0.1, 0.15) is 5.82 Å². The van der Waals surface area contributed by atoms with Crippen LogP contribution in [0, 0.1) is 0 Å². The molecule has 0 radical (unpaired) electrons. The van der Waals surface area contributed by atoms with Crippen molar-refractivity contribution in [1.82, 2.24) is 15.0 Å². The molecule has 0 unspecified atom stereocenters. The summed E-state index contributed by atoms with van der Waals surface area (Å²) in [6, 6.07) is 15.2. The molecule has 1 aromatic heterocycles. The maximum Gasteiger partial charge on any atom is 0.335 e. The largest absolute Gasteiger partial charge is 0.478 e. The number of nitrogens with one attached hydrogen (secondary N) is 3. The van der Waals surface area contributed by atoms with Crippen LogP contribution >= 0.6 is 0 Å². The molecule has 2 aromatic carbocycles. The molecular formula is C25H32N6O2. The van der Waals surface area contributed by atoms with Crippen LogP contribution in [0.5, 0.6) is 0 Å². The van der Waals surface area contributed by atoms with E-state index in [4.69, 9.17) is 0 Å². The van der Waals surface area contributed by atoms with Crippen LogP contribution in [0.4, 0.5) is 23.3 Å². The number of aromatic nitrogens is 3. The van der Waals surface area contributed by atoms with E-state index in [0.29, 0.717) is 29.1 Å². The molecule has 174 valence electrons. The van der Waals surface area contributed by atoms with Gasteiger partial charge in [-0.1, -0.05) is 44.2 Å². The molecule has 4 N–H and O–H groups in total. The first-order valence-corrected chi connectivity index (χ1v) is 11.0. The van der Waals surface area contributed by atoms with Crippen molar-refractivity contribution in [2.75, 3.05) is 16.0 Å². The predicted octanol–water partition coefficient (Wildman–Crippen LogP) is 5.60. The third-order valence-corrected chi connectivity index (χ3v) is 4.98. The van der Waals surface area contributed by atoms with Crippen molar-refractivity contribution in [1.29, 1.82) is 0 Å². The molecule has 0 bridgehead atoms. The summed E-state index contributed by atoms with van der Waals surface area (Å²) in [5.74, 6) is 0.500. The average molecular weight is 449 g/mol. The van der Waals surface area contributed by atoms with E-state index in [-0.39, 0.29) is 17.5 Å². The van der Waals surface area contributed by atoms with Gasteiger partial charge in [-0.2, -0.15) is 15.0 Å². The fourth-order valence-electron chi connectivity index (χ4n) is 3.34. The lowest BCUT2D eigenvalue weighted by atomic mass is 9.95. The molecule has 0 spiro atoms. The van der Waals surface area contributed by atoms with Gasteiger partial charge in [-0.25, -0.2) is 4.79 Å². The smallest absolute Gasteiger partial charge is 0.335 e. The van der Waals surface area contributed by atoms with Gasteiger partial charge in [-0.15, -0.1) is 0 Å². The van der Waals surface area contributed by atoms with E-state index in [1.165, 1.54) is 0 Å². The Balaban J connectivity index is 1.96. The number of benzene rings is 2. The van der Waals surface area contributed by atoms with E-state index < -0.39 is 11.5 Å². The zero-order valence-electron chi connectivity index (χ0n) is 20.0. The Bertz CT molecular complexity index is 1110. The Morgan fingerprint density at radius 1 is 0.909 bits per heavy atom. The minimum Gasteiger partial charge on any atom is -0.478 e. The molecule has 0 aliphatic carbocycles. The van der Waals surface area contributed by atoms with Crippen LogP contribution in [-0.4, -0.2) is 32.1 Å². The highest BCUT2D eigenvalue weighted by molar-refractivity contribution is 5.90. The lowest BCUT2D eigenvalue weighted by Crippen LogP contribution is -2.29. The van der Waals surface area contributed by atoms with Crippen molar-refractivity contribution in [3.63, 3.8) is 0 Å². The number of aromatic carboxylic acids is 1. The van der Waals surface area contributed by atoms with Gasteiger partial charge in [0.25, 0.3) is 0 Å². The second-order valence-corrected chi connectivity index (χ2v) is 9.14. The van der Waals surface area contributed by atoms with Crippen molar-refractivity contribution in [3.8, 4) is 0 Å². The third-order valence-electron chi connectivity index (χ3n) is 4.98. The summed E-state index contributed by atoms with van der Waals surface area (Å²) in [6.45, 7) is 12.1. The number of carboxylic acid groups (broad SMARTS) is 1. The van der Waals surface area contributed by atoms with E-state index in [0.717, 1.165) is 5.56 Å². The van der Waals surface area contributed by atoms with Crippen molar-refractivity contribution in [2.45, 2.75) is 59.0 Å². The normalized spacial score (nSPS) is 11.5. The molecule has 3 aromatic rings. The lowest BCUT2D eigenvalue weighted by Gasteiger charge is -2.27. The molecule has 8 nitrogen and oxygen atoms in total. The van der Waals surface area contributed by atoms with Crippen LogP contribution in [-0.2, 0) is 5.54 Å². The van der Waals surface area contributed by atoms with Crippen LogP contribution in [0.3, 0.4) is 0 Å². The highest BCUT2D eigenvalue weighted by Gasteiger charge is 2.22. The van der Waals surface area contributed by atoms with Crippen LogP contribution in [0.25, 0.3) is 0 Å². The Morgan fingerprint density at radius 2 is 1.55 bits per heavy atom. The molecule has 0 fully saturated rings. The van der Waals surface area contributed by atoms with Gasteiger partial charge < -0.3 is 21.1 Å². The van der Waals surface area contributed by atoms with E-state index in [9.17, 15) is 9.90 Å². The molecular weight excluding hydrogens is 416 g/mol. The number of carbonyl (C=O) groups is 1. The number of rotatable bonds is 9. The summed E-state index contributed by atoms with van der Waals surface area (Å²) in [5, 5.41) is 19.4. The summed E-state index contributed by atoms with van der Waals surface area (Å²) < 4.78 is 0. The fraction of sp³-hybridized carbons (Fsp3) is 0.360. The maximum atomic E-state index is 11.6. The fourth-order valence-corrected chi connectivity index (χ4v) is 3.34. The monoisotopic (exact) mass is 448 g/mol. The molecule has 0 aliphatic heterocycles. The number of hydrogen-bond donors (Lipinski definition) is 4. The van der Waals surface area contributed by atoms with Crippen molar-refractivity contribution in [2.24, 2.45) is 0 Å². The molecule has 0 aliphatic rings. The van der Waals surface area contributed by atoms with Crippen LogP contribution in [0.2, 0.25) is 0 Å². The highest BCUT2D eigenvalue weighted by Crippen LogP contribution is 2.27. The van der Waals surface area contributed by atoms with Gasteiger partial charge in [0, 0.05) is 23.3 Å². The van der Waals surface area contributed by atoms with E-state index in [1.807, 2.05) is 52.0 Å². The molecule has 33 heavy (non-hydrogen) atoms. The third kappa shape index (κ3) is 6.41. The summed E-state index contributed by atoms with van der Waals surface area (Å²) >= 11 is 0. The first-order chi connectivity index (χ1) is 15.5. The lowest BCUT2D eigenvalue weighted by molar-refractivity contribution is 0.0697.